The van der Waals surface area contributed by atoms with Crippen LogP contribution in [-0.2, 0) is 0 Å². The van der Waals surface area contributed by atoms with E-state index in [0.717, 1.165) is 5.71 Å². The zero-order chi connectivity index (χ0) is 10.6. The molecule has 0 spiro atoms. The van der Waals surface area contributed by atoms with Gasteiger partial charge in [0.25, 0.3) is 0 Å². The van der Waals surface area contributed by atoms with Gasteiger partial charge in [-0.15, -0.1) is 0 Å². The SMILES string of the molecule is C/N=C\C(=N/C)c1c(C)cccc1C. The molecular formula is C12H16N2. The third kappa shape index (κ3) is 2.08. The van der Waals surface area contributed by atoms with E-state index in [1.807, 2.05) is 0 Å². The average molecular weight is 188 g/mol. The zero-order valence-electron chi connectivity index (χ0n) is 9.20. The molecule has 0 saturated carbocycles. The number of benzene rings is 1. The Labute approximate surface area is 85.4 Å². The van der Waals surface area contributed by atoms with Gasteiger partial charge in [0.05, 0.1) is 5.71 Å². The van der Waals surface area contributed by atoms with Gasteiger partial charge in [0, 0.05) is 25.9 Å². The molecule has 74 valence electrons. The average Bonchev–Trinajstić information content (AvgIpc) is 2.16. The number of nitrogens with zero attached hydrogens (tertiary/aromatic N) is 2. The van der Waals surface area contributed by atoms with Crippen LogP contribution in [0.2, 0.25) is 0 Å². The molecule has 1 rings (SSSR count). The molecule has 2 heteroatoms. The van der Waals surface area contributed by atoms with Gasteiger partial charge in [-0.3, -0.25) is 9.98 Å². The minimum Gasteiger partial charge on any atom is -0.294 e. The van der Waals surface area contributed by atoms with E-state index in [1.165, 1.54) is 16.7 Å². The third-order valence-electron chi connectivity index (χ3n) is 2.23. The van der Waals surface area contributed by atoms with Crippen LogP contribution in [0.1, 0.15) is 16.7 Å². The largest absolute Gasteiger partial charge is 0.294 e. The maximum Gasteiger partial charge on any atom is 0.0826 e. The fraction of sp³-hybridized carbons (Fsp3) is 0.333. The number of aliphatic imine (C=N–C) groups is 2. The first-order valence-electron chi connectivity index (χ1n) is 4.66. The monoisotopic (exact) mass is 188 g/mol. The molecule has 0 N–H and O–H groups in total. The summed E-state index contributed by atoms with van der Waals surface area (Å²) in [7, 11) is 3.56. The lowest BCUT2D eigenvalue weighted by atomic mass is 9.99. The topological polar surface area (TPSA) is 24.7 Å². The Hall–Kier alpha value is -1.44. The van der Waals surface area contributed by atoms with Crippen molar-refractivity contribution in [1.82, 2.24) is 0 Å². The van der Waals surface area contributed by atoms with Crippen LogP contribution in [0, 0.1) is 13.8 Å². The van der Waals surface area contributed by atoms with E-state index in [9.17, 15) is 0 Å². The maximum absolute atomic E-state index is 4.24. The molecule has 1 aromatic rings. The van der Waals surface area contributed by atoms with Gasteiger partial charge in [-0.25, -0.2) is 0 Å². The Morgan fingerprint density at radius 1 is 1.14 bits per heavy atom. The van der Waals surface area contributed by atoms with Crippen molar-refractivity contribution in [3.63, 3.8) is 0 Å². The third-order valence-corrected chi connectivity index (χ3v) is 2.23. The molecule has 2 nitrogen and oxygen atoms in total. The van der Waals surface area contributed by atoms with E-state index in [4.69, 9.17) is 0 Å². The normalized spacial score (nSPS) is 12.4. The lowest BCUT2D eigenvalue weighted by molar-refractivity contribution is 1.33. The first-order chi connectivity index (χ1) is 6.70. The summed E-state index contributed by atoms with van der Waals surface area (Å²) in [5, 5.41) is 0. The number of hydrogen-bond acceptors (Lipinski definition) is 2. The van der Waals surface area contributed by atoms with E-state index >= 15 is 0 Å². The fourth-order valence-electron chi connectivity index (χ4n) is 1.57. The Kier molecular flexibility index (Phi) is 3.57. The van der Waals surface area contributed by atoms with Crippen LogP contribution in [0.3, 0.4) is 0 Å². The molecular weight excluding hydrogens is 172 g/mol. The molecule has 0 heterocycles. The van der Waals surface area contributed by atoms with Crippen LogP contribution in [0.15, 0.2) is 28.2 Å². The molecule has 0 aromatic heterocycles. The fourth-order valence-corrected chi connectivity index (χ4v) is 1.57. The zero-order valence-corrected chi connectivity index (χ0v) is 9.20. The van der Waals surface area contributed by atoms with Crippen molar-refractivity contribution in [2.24, 2.45) is 9.98 Å². The van der Waals surface area contributed by atoms with E-state index in [0.29, 0.717) is 0 Å². The van der Waals surface area contributed by atoms with E-state index in [1.54, 1.807) is 20.3 Å². The number of aryl methyl sites for hydroxylation is 2. The van der Waals surface area contributed by atoms with Crippen molar-refractivity contribution in [2.75, 3.05) is 14.1 Å². The quantitative estimate of drug-likeness (QED) is 0.637. The van der Waals surface area contributed by atoms with E-state index in [-0.39, 0.29) is 0 Å². The lowest BCUT2D eigenvalue weighted by Gasteiger charge is -2.08. The molecule has 14 heavy (non-hydrogen) atoms. The van der Waals surface area contributed by atoms with Crippen LogP contribution in [0.25, 0.3) is 0 Å². The molecule has 0 bridgehead atoms. The first-order valence-corrected chi connectivity index (χ1v) is 4.66. The van der Waals surface area contributed by atoms with Gasteiger partial charge in [-0.1, -0.05) is 18.2 Å². The highest BCUT2D eigenvalue weighted by atomic mass is 14.7. The van der Waals surface area contributed by atoms with Crippen molar-refractivity contribution < 1.29 is 0 Å². The first kappa shape index (κ1) is 10.6. The van der Waals surface area contributed by atoms with Gasteiger partial charge in [0.2, 0.25) is 0 Å². The number of rotatable bonds is 2. The number of hydrogen-bond donors (Lipinski definition) is 0. The minimum absolute atomic E-state index is 0.947. The van der Waals surface area contributed by atoms with E-state index in [2.05, 4.69) is 42.0 Å². The van der Waals surface area contributed by atoms with Crippen LogP contribution in [0.5, 0.6) is 0 Å². The molecule has 0 unspecified atom stereocenters. The lowest BCUT2D eigenvalue weighted by Crippen LogP contribution is -2.07. The van der Waals surface area contributed by atoms with Gasteiger partial charge < -0.3 is 0 Å². The molecule has 0 atom stereocenters. The molecule has 0 aliphatic rings. The molecule has 0 saturated heterocycles. The van der Waals surface area contributed by atoms with Crippen LogP contribution in [-0.4, -0.2) is 26.0 Å². The summed E-state index contributed by atoms with van der Waals surface area (Å²) in [6, 6.07) is 6.25. The highest BCUT2D eigenvalue weighted by molar-refractivity contribution is 6.39. The summed E-state index contributed by atoms with van der Waals surface area (Å²) in [5.74, 6) is 0. The van der Waals surface area contributed by atoms with Crippen molar-refractivity contribution in [1.29, 1.82) is 0 Å². The highest BCUT2D eigenvalue weighted by Gasteiger charge is 2.06. The Bertz CT molecular complexity index is 356. The summed E-state index contributed by atoms with van der Waals surface area (Å²) in [5.41, 5.74) is 4.62. The smallest absolute Gasteiger partial charge is 0.0826 e. The molecule has 0 fully saturated rings. The molecule has 0 aliphatic carbocycles. The van der Waals surface area contributed by atoms with Crippen molar-refractivity contribution in [3.8, 4) is 0 Å². The minimum atomic E-state index is 0.947. The summed E-state index contributed by atoms with van der Waals surface area (Å²) < 4.78 is 0. The highest BCUT2D eigenvalue weighted by Crippen LogP contribution is 2.13. The van der Waals surface area contributed by atoms with Gasteiger partial charge in [0.15, 0.2) is 0 Å². The predicted molar refractivity (Wildman–Crippen MR) is 62.8 cm³/mol. The summed E-state index contributed by atoms with van der Waals surface area (Å²) in [4.78, 5) is 8.25. The van der Waals surface area contributed by atoms with Gasteiger partial charge in [-0.05, 0) is 25.0 Å². The van der Waals surface area contributed by atoms with Crippen LogP contribution in [0.4, 0.5) is 0 Å². The maximum atomic E-state index is 4.24. The van der Waals surface area contributed by atoms with Crippen LogP contribution >= 0.6 is 0 Å². The summed E-state index contributed by atoms with van der Waals surface area (Å²) >= 11 is 0. The summed E-state index contributed by atoms with van der Waals surface area (Å²) in [6.45, 7) is 4.19. The summed E-state index contributed by atoms with van der Waals surface area (Å²) in [6.07, 6.45) is 1.80. The second-order valence-electron chi connectivity index (χ2n) is 3.26. The molecule has 0 amide bonds. The van der Waals surface area contributed by atoms with Crippen molar-refractivity contribution in [3.05, 3.63) is 34.9 Å². The Morgan fingerprint density at radius 2 is 1.71 bits per heavy atom. The predicted octanol–water partition coefficient (Wildman–Crippen LogP) is 2.42. The Morgan fingerprint density at radius 3 is 2.14 bits per heavy atom. The molecule has 0 aliphatic heterocycles. The van der Waals surface area contributed by atoms with Gasteiger partial charge in [-0.2, -0.15) is 0 Å². The van der Waals surface area contributed by atoms with Crippen molar-refractivity contribution >= 4 is 11.9 Å². The molecule has 0 radical (unpaired) electrons. The van der Waals surface area contributed by atoms with Crippen molar-refractivity contribution in [2.45, 2.75) is 13.8 Å². The van der Waals surface area contributed by atoms with Gasteiger partial charge in [0.1, 0.15) is 0 Å². The second kappa shape index (κ2) is 4.70. The van der Waals surface area contributed by atoms with Gasteiger partial charge >= 0.3 is 0 Å². The van der Waals surface area contributed by atoms with Crippen LogP contribution < -0.4 is 0 Å². The standard InChI is InChI=1S/C12H16N2/c1-9-6-5-7-10(2)12(9)11(14-4)8-13-3/h5-8H,1-4H3/b13-8-,14-11+. The van der Waals surface area contributed by atoms with E-state index < -0.39 is 0 Å². The Balaban J connectivity index is 3.30. The second-order valence-corrected chi connectivity index (χ2v) is 3.26. The molecule has 1 aromatic carbocycles.